The number of hydrogen-bond donors (Lipinski definition) is 1. The van der Waals surface area contributed by atoms with Crippen LogP contribution in [0.2, 0.25) is 0 Å². The normalized spacial score (nSPS) is 15.4. The maximum absolute atomic E-state index is 11.8. The van der Waals surface area contributed by atoms with Crippen molar-refractivity contribution in [2.24, 2.45) is 4.99 Å². The van der Waals surface area contributed by atoms with Crippen LogP contribution in [0.15, 0.2) is 59.1 Å². The number of benzene rings is 2. The van der Waals surface area contributed by atoms with E-state index in [2.05, 4.69) is 15.3 Å². The Balaban J connectivity index is 0.00000102. The van der Waals surface area contributed by atoms with E-state index in [-0.39, 0.29) is 11.4 Å². The number of ketones is 1. The van der Waals surface area contributed by atoms with Gasteiger partial charge in [0.05, 0.1) is 15.9 Å². The van der Waals surface area contributed by atoms with E-state index in [0.717, 1.165) is 21.3 Å². The first kappa shape index (κ1) is 18.5. The molecule has 0 spiro atoms. The van der Waals surface area contributed by atoms with Gasteiger partial charge in [-0.05, 0) is 19.1 Å². The van der Waals surface area contributed by atoms with Crippen LogP contribution in [-0.4, -0.2) is 16.6 Å². The molecule has 4 rings (SSSR count). The fourth-order valence-corrected chi connectivity index (χ4v) is 3.60. The van der Waals surface area contributed by atoms with E-state index < -0.39 is 0 Å². The van der Waals surface area contributed by atoms with Crippen LogP contribution >= 0.6 is 11.3 Å². The van der Waals surface area contributed by atoms with Gasteiger partial charge in [-0.15, -0.1) is 0 Å². The van der Waals surface area contributed by atoms with Crippen molar-refractivity contribution < 1.29 is 4.79 Å². The minimum Gasteiger partial charge on any atom is -0.338 e. The smallest absolute Gasteiger partial charge is 0.212 e. The van der Waals surface area contributed by atoms with Crippen molar-refractivity contribution in [1.82, 2.24) is 10.3 Å². The molecule has 27 heavy (non-hydrogen) atoms. The van der Waals surface area contributed by atoms with E-state index in [1.54, 1.807) is 0 Å². The molecule has 0 aliphatic carbocycles. The van der Waals surface area contributed by atoms with Crippen LogP contribution in [-0.2, 0) is 4.79 Å². The maximum atomic E-state index is 11.8. The zero-order valence-electron chi connectivity index (χ0n) is 15.3. The Labute approximate surface area is 161 Å². The summed E-state index contributed by atoms with van der Waals surface area (Å²) in [6.07, 6.45) is 0. The average Bonchev–Trinajstić information content (AvgIpc) is 3.26. The van der Waals surface area contributed by atoms with E-state index in [9.17, 15) is 10.1 Å². The number of carbonyl (C=O) groups excluding carboxylic acids is 1. The molecule has 1 aliphatic heterocycles. The molecular formula is C21H18N4OS. The number of aromatic nitrogens is 1. The van der Waals surface area contributed by atoms with Crippen molar-refractivity contribution >= 4 is 44.0 Å². The summed E-state index contributed by atoms with van der Waals surface area (Å²) in [4.78, 5) is 20.9. The predicted molar refractivity (Wildman–Crippen MR) is 110 cm³/mol. The molecule has 0 radical (unpaired) electrons. The molecular weight excluding hydrogens is 356 g/mol. The highest BCUT2D eigenvalue weighted by Gasteiger charge is 2.26. The number of allylic oxidation sites excluding steroid dienone is 1. The quantitative estimate of drug-likeness (QED) is 0.515. The first-order valence-electron chi connectivity index (χ1n) is 8.64. The topological polar surface area (TPSA) is 78.1 Å². The third-order valence-electron chi connectivity index (χ3n) is 3.90. The summed E-state index contributed by atoms with van der Waals surface area (Å²) in [6.45, 7) is 5.39. The van der Waals surface area contributed by atoms with Crippen molar-refractivity contribution in [3.05, 3.63) is 65.2 Å². The number of Topliss-reactive ketones (excluding diaryl/α,β-unsaturated/α-hetero) is 1. The Morgan fingerprint density at radius 3 is 2.44 bits per heavy atom. The molecule has 0 saturated carbocycles. The zero-order valence-corrected chi connectivity index (χ0v) is 16.1. The lowest BCUT2D eigenvalue weighted by Gasteiger charge is -2.02. The summed E-state index contributed by atoms with van der Waals surface area (Å²) in [5, 5.41) is 13.1. The lowest BCUT2D eigenvalue weighted by molar-refractivity contribution is -0.113. The highest BCUT2D eigenvalue weighted by molar-refractivity contribution is 7.22. The molecule has 0 saturated heterocycles. The van der Waals surface area contributed by atoms with E-state index in [4.69, 9.17) is 0 Å². The fraction of sp³-hybridized carbons (Fsp3) is 0.143. The van der Waals surface area contributed by atoms with Gasteiger partial charge in [-0.1, -0.05) is 61.6 Å². The highest BCUT2D eigenvalue weighted by Crippen LogP contribution is 2.32. The second kappa shape index (κ2) is 7.94. The minimum absolute atomic E-state index is 0.0990. The number of nitriles is 1. The van der Waals surface area contributed by atoms with Crippen LogP contribution in [0.3, 0.4) is 0 Å². The molecule has 0 fully saturated rings. The van der Waals surface area contributed by atoms with Crippen molar-refractivity contribution in [2.75, 3.05) is 0 Å². The second-order valence-corrected chi connectivity index (χ2v) is 6.52. The van der Waals surface area contributed by atoms with Crippen LogP contribution in [0, 0.1) is 11.3 Å². The predicted octanol–water partition coefficient (Wildman–Crippen LogP) is 4.83. The molecule has 2 aromatic carbocycles. The van der Waals surface area contributed by atoms with Crippen LogP contribution in [0.1, 0.15) is 31.9 Å². The molecule has 0 unspecified atom stereocenters. The Morgan fingerprint density at radius 2 is 1.78 bits per heavy atom. The van der Waals surface area contributed by atoms with Crippen LogP contribution in [0.5, 0.6) is 0 Å². The zero-order chi connectivity index (χ0) is 19.4. The van der Waals surface area contributed by atoms with Crippen molar-refractivity contribution in [3.63, 3.8) is 0 Å². The Hall–Kier alpha value is -3.30. The van der Waals surface area contributed by atoms with Crippen molar-refractivity contribution in [1.29, 1.82) is 5.26 Å². The molecule has 2 heterocycles. The molecule has 3 aromatic rings. The molecule has 134 valence electrons. The number of para-hydroxylation sites is 1. The third-order valence-corrected chi connectivity index (χ3v) is 4.83. The molecule has 1 N–H and O–H groups in total. The molecule has 6 heteroatoms. The summed E-state index contributed by atoms with van der Waals surface area (Å²) in [5.74, 6) is 0.319. The van der Waals surface area contributed by atoms with Crippen LogP contribution in [0.25, 0.3) is 15.9 Å². The number of hydrogen-bond acceptors (Lipinski definition) is 5. The van der Waals surface area contributed by atoms with Gasteiger partial charge in [-0.3, -0.25) is 4.79 Å². The number of rotatable bonds is 2. The molecule has 5 nitrogen and oxygen atoms in total. The third kappa shape index (κ3) is 3.50. The number of nitrogens with one attached hydrogen (secondary N) is 1. The number of nitrogens with zero attached hydrogens (tertiary/aromatic N) is 3. The van der Waals surface area contributed by atoms with E-state index >= 15 is 0 Å². The van der Waals surface area contributed by atoms with Crippen molar-refractivity contribution in [2.45, 2.75) is 20.8 Å². The summed E-state index contributed by atoms with van der Waals surface area (Å²) in [6, 6.07) is 17.4. The molecule has 0 atom stereocenters. The van der Waals surface area contributed by atoms with Gasteiger partial charge in [-0.25, -0.2) is 9.98 Å². The monoisotopic (exact) mass is 374 g/mol. The summed E-state index contributed by atoms with van der Waals surface area (Å²) >= 11 is 1.49. The fourth-order valence-electron chi connectivity index (χ4n) is 2.76. The average molecular weight is 374 g/mol. The van der Waals surface area contributed by atoms with Gasteiger partial charge < -0.3 is 5.32 Å². The van der Waals surface area contributed by atoms with E-state index in [0.29, 0.717) is 16.7 Å². The van der Waals surface area contributed by atoms with Gasteiger partial charge in [0.25, 0.3) is 0 Å². The SMILES string of the molecule is CC.CC(=O)/C(C#N)=C1\NC(=Nc2nc3ccccc3s2)c2ccccc21. The Morgan fingerprint density at radius 1 is 1.11 bits per heavy atom. The standard InChI is InChI=1S/C19H12N4OS.C2H6/c1-11(24)14(10-20)17-12-6-2-3-7-13(12)18(22-17)23-19-21-15-8-4-5-9-16(15)25-19;1-2/h2-9H,1H3,(H,21,22,23);1-2H3/b17-14-;. The largest absolute Gasteiger partial charge is 0.338 e. The molecule has 1 aromatic heterocycles. The summed E-state index contributed by atoms with van der Waals surface area (Å²) in [7, 11) is 0. The van der Waals surface area contributed by atoms with Crippen LogP contribution in [0.4, 0.5) is 5.13 Å². The summed E-state index contributed by atoms with van der Waals surface area (Å²) < 4.78 is 1.06. The minimum atomic E-state index is -0.277. The Bertz CT molecular complexity index is 1090. The first-order chi connectivity index (χ1) is 13.2. The Kier molecular flexibility index (Phi) is 5.43. The molecule has 0 bridgehead atoms. The van der Waals surface area contributed by atoms with E-state index in [1.165, 1.54) is 18.3 Å². The molecule has 0 amide bonds. The first-order valence-corrected chi connectivity index (χ1v) is 9.45. The van der Waals surface area contributed by atoms with Gasteiger partial charge in [0, 0.05) is 11.1 Å². The van der Waals surface area contributed by atoms with Gasteiger partial charge in [0.1, 0.15) is 17.5 Å². The second-order valence-electron chi connectivity index (χ2n) is 5.51. The number of thiazole rings is 1. The number of fused-ring (bicyclic) bond motifs is 2. The van der Waals surface area contributed by atoms with Crippen LogP contribution < -0.4 is 5.32 Å². The highest BCUT2D eigenvalue weighted by atomic mass is 32.1. The summed E-state index contributed by atoms with van der Waals surface area (Å²) in [5.41, 5.74) is 3.16. The number of aliphatic imine (C=N–C) groups is 1. The van der Waals surface area contributed by atoms with Crippen molar-refractivity contribution in [3.8, 4) is 6.07 Å². The maximum Gasteiger partial charge on any atom is 0.212 e. The molecule has 1 aliphatic rings. The number of amidine groups is 1. The van der Waals surface area contributed by atoms with Gasteiger partial charge in [0.2, 0.25) is 5.13 Å². The lowest BCUT2D eigenvalue weighted by Crippen LogP contribution is -2.16. The van der Waals surface area contributed by atoms with Gasteiger partial charge in [0.15, 0.2) is 5.78 Å². The van der Waals surface area contributed by atoms with Gasteiger partial charge >= 0.3 is 0 Å². The van der Waals surface area contributed by atoms with E-state index in [1.807, 2.05) is 68.4 Å². The lowest BCUT2D eigenvalue weighted by atomic mass is 10.0. The number of carbonyl (C=O) groups is 1. The van der Waals surface area contributed by atoms with Gasteiger partial charge in [-0.2, -0.15) is 5.26 Å².